The van der Waals surface area contributed by atoms with Gasteiger partial charge in [0, 0.05) is 4.90 Å². The van der Waals surface area contributed by atoms with Gasteiger partial charge in [0.2, 0.25) is 0 Å². The molecule has 1 heterocycles. The van der Waals surface area contributed by atoms with Crippen LogP contribution >= 0.6 is 27.7 Å². The number of nitrogens with one attached hydrogen (secondary N) is 1. The fourth-order valence-corrected chi connectivity index (χ4v) is 2.69. The van der Waals surface area contributed by atoms with E-state index in [2.05, 4.69) is 21.2 Å². The van der Waals surface area contributed by atoms with Gasteiger partial charge in [0.25, 0.3) is 5.91 Å². The lowest BCUT2D eigenvalue weighted by molar-refractivity contribution is -0.105. The number of benzene rings is 1. The number of hydrogen-bond acceptors (Lipinski definition) is 3. The predicted octanol–water partition coefficient (Wildman–Crippen LogP) is 4.95. The van der Waals surface area contributed by atoms with Crippen molar-refractivity contribution in [2.45, 2.75) is 11.1 Å². The Morgan fingerprint density at radius 3 is 2.62 bits per heavy atom. The van der Waals surface area contributed by atoms with Crippen molar-refractivity contribution < 1.29 is 22.4 Å². The van der Waals surface area contributed by atoms with Crippen molar-refractivity contribution >= 4 is 39.3 Å². The van der Waals surface area contributed by atoms with Crippen molar-refractivity contribution in [2.75, 3.05) is 11.1 Å². The lowest BCUT2D eigenvalue weighted by Gasteiger charge is -2.11. The molecular weight excluding hydrogens is 371 g/mol. The number of hydrogen-bond donors (Lipinski definition) is 1. The highest BCUT2D eigenvalue weighted by molar-refractivity contribution is 9.10. The Kier molecular flexibility index (Phi) is 5.00. The SMILES string of the molecule is O=C(Nc1ccccc1SCC(F)(F)F)c1ccoc1Br. The molecule has 0 aliphatic heterocycles. The highest BCUT2D eigenvalue weighted by atomic mass is 79.9. The summed E-state index contributed by atoms with van der Waals surface area (Å²) in [5.41, 5.74) is 0.593. The molecule has 21 heavy (non-hydrogen) atoms. The summed E-state index contributed by atoms with van der Waals surface area (Å²) in [6.07, 6.45) is -2.93. The van der Waals surface area contributed by atoms with E-state index in [4.69, 9.17) is 4.42 Å². The van der Waals surface area contributed by atoms with Crippen molar-refractivity contribution in [3.05, 3.63) is 46.8 Å². The Hall–Kier alpha value is -1.41. The third-order valence-corrected chi connectivity index (χ3v) is 4.14. The van der Waals surface area contributed by atoms with Gasteiger partial charge in [0.05, 0.1) is 23.3 Å². The zero-order valence-corrected chi connectivity index (χ0v) is 12.8. The van der Waals surface area contributed by atoms with Gasteiger partial charge in [-0.3, -0.25) is 4.79 Å². The van der Waals surface area contributed by atoms with Crippen LogP contribution in [0, 0.1) is 0 Å². The number of furan rings is 1. The molecule has 2 aromatic rings. The van der Waals surface area contributed by atoms with E-state index in [0.29, 0.717) is 22.3 Å². The number of amides is 1. The van der Waals surface area contributed by atoms with Gasteiger partial charge < -0.3 is 9.73 Å². The molecular formula is C13H9BrF3NO2S. The maximum atomic E-state index is 12.3. The van der Waals surface area contributed by atoms with E-state index in [9.17, 15) is 18.0 Å². The Bertz CT molecular complexity index is 642. The van der Waals surface area contributed by atoms with Gasteiger partial charge in [0.15, 0.2) is 4.67 Å². The highest BCUT2D eigenvalue weighted by Crippen LogP contribution is 2.32. The topological polar surface area (TPSA) is 42.2 Å². The first-order valence-electron chi connectivity index (χ1n) is 5.70. The normalized spacial score (nSPS) is 11.4. The van der Waals surface area contributed by atoms with Crippen molar-refractivity contribution in [3.63, 3.8) is 0 Å². The smallest absolute Gasteiger partial charge is 0.398 e. The predicted molar refractivity (Wildman–Crippen MR) is 77.6 cm³/mol. The summed E-state index contributed by atoms with van der Waals surface area (Å²) in [6, 6.07) is 7.78. The molecule has 0 bridgehead atoms. The summed E-state index contributed by atoms with van der Waals surface area (Å²) in [4.78, 5) is 12.4. The molecule has 0 aliphatic carbocycles. The molecule has 2 rings (SSSR count). The second kappa shape index (κ2) is 6.57. The van der Waals surface area contributed by atoms with E-state index in [1.807, 2.05) is 0 Å². The van der Waals surface area contributed by atoms with Crippen LogP contribution in [0.4, 0.5) is 18.9 Å². The summed E-state index contributed by atoms with van der Waals surface area (Å²) in [5, 5.41) is 2.57. The molecule has 1 amide bonds. The zero-order valence-electron chi connectivity index (χ0n) is 10.4. The largest absolute Gasteiger partial charge is 0.457 e. The van der Waals surface area contributed by atoms with Gasteiger partial charge >= 0.3 is 6.18 Å². The Balaban J connectivity index is 2.13. The van der Waals surface area contributed by atoms with E-state index in [-0.39, 0.29) is 10.2 Å². The van der Waals surface area contributed by atoms with Crippen molar-refractivity contribution in [2.24, 2.45) is 0 Å². The third kappa shape index (κ3) is 4.53. The van der Waals surface area contributed by atoms with E-state index < -0.39 is 17.8 Å². The number of para-hydroxylation sites is 1. The van der Waals surface area contributed by atoms with Crippen molar-refractivity contribution in [3.8, 4) is 0 Å². The fourth-order valence-electron chi connectivity index (χ4n) is 1.50. The average Bonchev–Trinajstić information content (AvgIpc) is 2.83. The monoisotopic (exact) mass is 379 g/mol. The molecule has 0 saturated heterocycles. The molecule has 0 saturated carbocycles. The number of alkyl halides is 3. The first-order valence-corrected chi connectivity index (χ1v) is 7.47. The zero-order chi connectivity index (χ0) is 15.5. The fraction of sp³-hybridized carbons (Fsp3) is 0.154. The molecule has 0 spiro atoms. The van der Waals surface area contributed by atoms with Gasteiger partial charge in [-0.15, -0.1) is 11.8 Å². The lowest BCUT2D eigenvalue weighted by atomic mass is 10.3. The van der Waals surface area contributed by atoms with Gasteiger partial charge in [-0.1, -0.05) is 12.1 Å². The van der Waals surface area contributed by atoms with Crippen LogP contribution in [0.15, 0.2) is 50.6 Å². The minimum atomic E-state index is -4.27. The van der Waals surface area contributed by atoms with Gasteiger partial charge in [-0.25, -0.2) is 0 Å². The number of anilines is 1. The number of carbonyl (C=O) groups excluding carboxylic acids is 1. The summed E-state index contributed by atoms with van der Waals surface area (Å²) in [5.74, 6) is -1.48. The van der Waals surface area contributed by atoms with Gasteiger partial charge in [0.1, 0.15) is 0 Å². The van der Waals surface area contributed by atoms with E-state index in [0.717, 1.165) is 0 Å². The standard InChI is InChI=1S/C13H9BrF3NO2S/c14-11-8(5-6-20-11)12(19)18-9-3-1-2-4-10(9)21-7-13(15,16)17/h1-6H,7H2,(H,18,19). The van der Waals surface area contributed by atoms with Gasteiger partial charge in [-0.05, 0) is 34.1 Å². The molecule has 3 nitrogen and oxygen atoms in total. The summed E-state index contributed by atoms with van der Waals surface area (Å²) in [7, 11) is 0. The van der Waals surface area contributed by atoms with Crippen LogP contribution in [0.1, 0.15) is 10.4 Å². The summed E-state index contributed by atoms with van der Waals surface area (Å²) in [6.45, 7) is 0. The lowest BCUT2D eigenvalue weighted by Crippen LogP contribution is -2.13. The number of carbonyl (C=O) groups is 1. The van der Waals surface area contributed by atoms with Crippen LogP contribution < -0.4 is 5.32 Å². The number of rotatable bonds is 4. The second-order valence-electron chi connectivity index (χ2n) is 3.96. The molecule has 0 fully saturated rings. The maximum Gasteiger partial charge on any atom is 0.398 e. The minimum Gasteiger partial charge on any atom is -0.457 e. The molecule has 0 atom stereocenters. The molecule has 8 heteroatoms. The summed E-state index contributed by atoms with van der Waals surface area (Å²) >= 11 is 3.70. The number of thioether (sulfide) groups is 1. The van der Waals surface area contributed by atoms with Crippen molar-refractivity contribution in [1.29, 1.82) is 0 Å². The Morgan fingerprint density at radius 2 is 2.00 bits per heavy atom. The Labute approximate surface area is 131 Å². The third-order valence-electron chi connectivity index (χ3n) is 2.39. The van der Waals surface area contributed by atoms with E-state index >= 15 is 0 Å². The van der Waals surface area contributed by atoms with Crippen molar-refractivity contribution in [1.82, 2.24) is 0 Å². The molecule has 1 aromatic heterocycles. The van der Waals surface area contributed by atoms with Gasteiger partial charge in [-0.2, -0.15) is 13.2 Å². The molecule has 0 radical (unpaired) electrons. The molecule has 0 unspecified atom stereocenters. The second-order valence-corrected chi connectivity index (χ2v) is 5.70. The van der Waals surface area contributed by atoms with Crippen LogP contribution in [-0.2, 0) is 0 Å². The quantitative estimate of drug-likeness (QED) is 0.764. The summed E-state index contributed by atoms with van der Waals surface area (Å²) < 4.78 is 42.1. The van der Waals surface area contributed by atoms with Crippen LogP contribution in [-0.4, -0.2) is 17.8 Å². The average molecular weight is 380 g/mol. The first-order chi connectivity index (χ1) is 9.87. The van der Waals surface area contributed by atoms with Crippen LogP contribution in [0.5, 0.6) is 0 Å². The van der Waals surface area contributed by atoms with E-state index in [1.165, 1.54) is 18.4 Å². The molecule has 1 N–H and O–H groups in total. The minimum absolute atomic E-state index is 0.264. The number of halogens is 4. The van der Waals surface area contributed by atoms with Crippen LogP contribution in [0.3, 0.4) is 0 Å². The Morgan fingerprint density at radius 1 is 1.29 bits per heavy atom. The van der Waals surface area contributed by atoms with E-state index in [1.54, 1.807) is 18.2 Å². The molecule has 112 valence electrons. The molecule has 1 aromatic carbocycles. The van der Waals surface area contributed by atoms with Crippen LogP contribution in [0.2, 0.25) is 0 Å². The van der Waals surface area contributed by atoms with Crippen LogP contribution in [0.25, 0.3) is 0 Å². The highest BCUT2D eigenvalue weighted by Gasteiger charge is 2.27. The first kappa shape index (κ1) is 16.0. The molecule has 0 aliphatic rings. The maximum absolute atomic E-state index is 12.3.